The molecule has 1 unspecified atom stereocenters. The molecule has 138 valence electrons. The third-order valence-electron chi connectivity index (χ3n) is 3.74. The van der Waals surface area contributed by atoms with E-state index >= 15 is 0 Å². The molecule has 0 saturated carbocycles. The molecule has 5 nitrogen and oxygen atoms in total. The van der Waals surface area contributed by atoms with E-state index in [9.17, 15) is 0 Å². The first kappa shape index (κ1) is 20.4. The Kier molecular flexibility index (Phi) is 8.07. The van der Waals surface area contributed by atoms with Gasteiger partial charge < -0.3 is 14.8 Å². The lowest BCUT2D eigenvalue weighted by atomic mass is 10.1. The van der Waals surface area contributed by atoms with Crippen LogP contribution in [0, 0.1) is 11.3 Å². The molecular weight excluding hydrogens is 414 g/mol. The number of nitrogens with one attached hydrogen (secondary N) is 1. The monoisotopic (exact) mass is 435 g/mol. The second-order valence-corrected chi connectivity index (χ2v) is 7.32. The molecule has 0 aliphatic heterocycles. The number of nitrogens with zero attached hydrogens (tertiary/aromatic N) is 2. The van der Waals surface area contributed by atoms with E-state index in [0.717, 1.165) is 32.9 Å². The van der Waals surface area contributed by atoms with Crippen molar-refractivity contribution in [3.8, 4) is 17.6 Å². The first-order chi connectivity index (χ1) is 12.6. The number of nitriles is 1. The number of ether oxygens (including phenoxy) is 2. The van der Waals surface area contributed by atoms with Gasteiger partial charge in [-0.2, -0.15) is 17.0 Å². The molecule has 1 aromatic carbocycles. The van der Waals surface area contributed by atoms with E-state index in [-0.39, 0.29) is 6.04 Å². The SMILES string of the molecule is CCOc1cc(C(CSC)Nc2ncc(Br)cc2CC#N)ccc1OC. The highest BCUT2D eigenvalue weighted by Gasteiger charge is 2.17. The fraction of sp³-hybridized carbons (Fsp3) is 0.368. The molecule has 1 aromatic heterocycles. The Morgan fingerprint density at radius 3 is 2.81 bits per heavy atom. The fourth-order valence-corrected chi connectivity index (χ4v) is 3.55. The highest BCUT2D eigenvalue weighted by molar-refractivity contribution is 9.10. The molecule has 2 rings (SSSR count). The largest absolute Gasteiger partial charge is 0.493 e. The van der Waals surface area contributed by atoms with Crippen LogP contribution in [0.5, 0.6) is 11.5 Å². The summed E-state index contributed by atoms with van der Waals surface area (Å²) in [4.78, 5) is 4.46. The molecule has 0 bridgehead atoms. The van der Waals surface area contributed by atoms with Crippen molar-refractivity contribution in [1.82, 2.24) is 4.98 Å². The summed E-state index contributed by atoms with van der Waals surface area (Å²) in [6.45, 7) is 2.52. The minimum atomic E-state index is 0.0289. The Morgan fingerprint density at radius 1 is 1.35 bits per heavy atom. The number of anilines is 1. The van der Waals surface area contributed by atoms with E-state index in [2.05, 4.69) is 38.6 Å². The van der Waals surface area contributed by atoms with Gasteiger partial charge in [0.25, 0.3) is 0 Å². The van der Waals surface area contributed by atoms with Crippen molar-refractivity contribution < 1.29 is 9.47 Å². The number of rotatable bonds is 9. The molecule has 0 fully saturated rings. The van der Waals surface area contributed by atoms with Crippen LogP contribution in [0.4, 0.5) is 5.82 Å². The molecule has 0 radical (unpaired) electrons. The standard InChI is InChI=1S/C19H22BrN3O2S/c1-4-25-18-10-13(5-6-17(18)24-2)16(12-26-3)23-19-14(7-8-21)9-15(20)11-22-19/h5-6,9-11,16H,4,7,12H2,1-3H3,(H,22,23). The highest BCUT2D eigenvalue weighted by atomic mass is 79.9. The van der Waals surface area contributed by atoms with Gasteiger partial charge in [0.15, 0.2) is 11.5 Å². The van der Waals surface area contributed by atoms with Crippen LogP contribution in [0.15, 0.2) is 34.9 Å². The molecule has 0 aliphatic rings. The van der Waals surface area contributed by atoms with Crippen LogP contribution in [0.1, 0.15) is 24.1 Å². The fourth-order valence-electron chi connectivity index (χ4n) is 2.56. The van der Waals surface area contributed by atoms with Crippen molar-refractivity contribution in [2.45, 2.75) is 19.4 Å². The predicted molar refractivity (Wildman–Crippen MR) is 110 cm³/mol. The van der Waals surface area contributed by atoms with Crippen molar-refractivity contribution in [1.29, 1.82) is 5.26 Å². The van der Waals surface area contributed by atoms with Crippen LogP contribution in [0.3, 0.4) is 0 Å². The van der Waals surface area contributed by atoms with Crippen LogP contribution in [0.2, 0.25) is 0 Å². The molecule has 0 saturated heterocycles. The molecule has 0 aliphatic carbocycles. The summed E-state index contributed by atoms with van der Waals surface area (Å²) in [7, 11) is 1.63. The highest BCUT2D eigenvalue weighted by Crippen LogP contribution is 2.33. The third kappa shape index (κ3) is 5.29. The van der Waals surface area contributed by atoms with Gasteiger partial charge in [0.1, 0.15) is 5.82 Å². The Labute approximate surface area is 167 Å². The molecule has 1 heterocycles. The van der Waals surface area contributed by atoms with Crippen molar-refractivity contribution in [2.75, 3.05) is 31.0 Å². The molecule has 0 spiro atoms. The van der Waals surface area contributed by atoms with Gasteiger partial charge in [0.2, 0.25) is 0 Å². The summed E-state index contributed by atoms with van der Waals surface area (Å²) in [5, 5.41) is 12.6. The minimum absolute atomic E-state index is 0.0289. The van der Waals surface area contributed by atoms with E-state index in [1.165, 1.54) is 0 Å². The van der Waals surface area contributed by atoms with Gasteiger partial charge >= 0.3 is 0 Å². The third-order valence-corrected chi connectivity index (χ3v) is 4.84. The van der Waals surface area contributed by atoms with Gasteiger partial charge in [-0.3, -0.25) is 0 Å². The molecule has 1 N–H and O–H groups in total. The van der Waals surface area contributed by atoms with Crippen LogP contribution < -0.4 is 14.8 Å². The molecule has 26 heavy (non-hydrogen) atoms. The second-order valence-electron chi connectivity index (χ2n) is 5.49. The second kappa shape index (κ2) is 10.3. The van der Waals surface area contributed by atoms with Gasteiger partial charge in [0, 0.05) is 22.0 Å². The van der Waals surface area contributed by atoms with Crippen molar-refractivity contribution >= 4 is 33.5 Å². The van der Waals surface area contributed by atoms with Gasteiger partial charge in [-0.05, 0) is 52.9 Å². The first-order valence-electron chi connectivity index (χ1n) is 8.20. The lowest BCUT2D eigenvalue weighted by molar-refractivity contribution is 0.310. The zero-order valence-corrected chi connectivity index (χ0v) is 17.5. The summed E-state index contributed by atoms with van der Waals surface area (Å²) < 4.78 is 11.9. The number of aromatic nitrogens is 1. The smallest absolute Gasteiger partial charge is 0.161 e. The number of thioether (sulfide) groups is 1. The Bertz CT molecular complexity index is 780. The van der Waals surface area contributed by atoms with Crippen molar-refractivity contribution in [2.24, 2.45) is 0 Å². The van der Waals surface area contributed by atoms with Crippen LogP contribution in [-0.4, -0.2) is 30.7 Å². The first-order valence-corrected chi connectivity index (χ1v) is 10.4. The van der Waals surface area contributed by atoms with Gasteiger partial charge in [-0.15, -0.1) is 0 Å². The van der Waals surface area contributed by atoms with Crippen molar-refractivity contribution in [3.63, 3.8) is 0 Å². The number of hydrogen-bond acceptors (Lipinski definition) is 6. The van der Waals surface area contributed by atoms with Crippen molar-refractivity contribution in [3.05, 3.63) is 46.1 Å². The minimum Gasteiger partial charge on any atom is -0.493 e. The summed E-state index contributed by atoms with van der Waals surface area (Å²) >= 11 is 5.16. The molecule has 1 atom stereocenters. The number of methoxy groups -OCH3 is 1. The van der Waals surface area contributed by atoms with E-state index < -0.39 is 0 Å². The van der Waals surface area contributed by atoms with E-state index in [0.29, 0.717) is 18.8 Å². The lowest BCUT2D eigenvalue weighted by Crippen LogP contribution is -2.16. The molecule has 7 heteroatoms. The predicted octanol–water partition coefficient (Wildman–Crippen LogP) is 4.83. The van der Waals surface area contributed by atoms with Gasteiger partial charge in [-0.1, -0.05) is 6.07 Å². The number of benzene rings is 1. The molecule has 0 amide bonds. The number of hydrogen-bond donors (Lipinski definition) is 1. The summed E-state index contributed by atoms with van der Waals surface area (Å²) in [6.07, 6.45) is 4.10. The van der Waals surface area contributed by atoms with Gasteiger partial charge in [-0.25, -0.2) is 4.98 Å². The Balaban J connectivity index is 2.35. The molecular formula is C19H22BrN3O2S. The Morgan fingerprint density at radius 2 is 2.15 bits per heavy atom. The quantitative estimate of drug-likeness (QED) is 0.607. The van der Waals surface area contributed by atoms with E-state index in [1.54, 1.807) is 25.1 Å². The summed E-state index contributed by atoms with van der Waals surface area (Å²) in [5.41, 5.74) is 1.95. The summed E-state index contributed by atoms with van der Waals surface area (Å²) in [5.74, 6) is 3.01. The Hall–Kier alpha value is -1.91. The summed E-state index contributed by atoms with van der Waals surface area (Å²) in [6, 6.07) is 10.1. The normalized spacial score (nSPS) is 11.5. The lowest BCUT2D eigenvalue weighted by Gasteiger charge is -2.22. The van der Waals surface area contributed by atoms with Crippen LogP contribution in [0.25, 0.3) is 0 Å². The van der Waals surface area contributed by atoms with Gasteiger partial charge in [0.05, 0.1) is 32.2 Å². The van der Waals surface area contributed by atoms with E-state index in [1.807, 2.05) is 31.2 Å². The maximum atomic E-state index is 9.09. The van der Waals surface area contributed by atoms with Crippen LogP contribution in [-0.2, 0) is 6.42 Å². The number of pyridine rings is 1. The van der Waals surface area contributed by atoms with Crippen LogP contribution >= 0.6 is 27.7 Å². The maximum absolute atomic E-state index is 9.09. The van der Waals surface area contributed by atoms with E-state index in [4.69, 9.17) is 14.7 Å². The average Bonchev–Trinajstić information content (AvgIpc) is 2.64. The zero-order chi connectivity index (χ0) is 18.9. The number of halogens is 1. The topological polar surface area (TPSA) is 67.2 Å². The molecule has 2 aromatic rings. The zero-order valence-electron chi connectivity index (χ0n) is 15.1. The average molecular weight is 436 g/mol. The maximum Gasteiger partial charge on any atom is 0.161 e.